The quantitative estimate of drug-likeness (QED) is 0.479. The van der Waals surface area contributed by atoms with Crippen LogP contribution in [-0.2, 0) is 4.79 Å². The number of carbonyl (C=O) groups excluding carboxylic acids is 2. The van der Waals surface area contributed by atoms with E-state index in [-0.39, 0.29) is 23.3 Å². The van der Waals surface area contributed by atoms with E-state index < -0.39 is 29.5 Å². The maximum Gasteiger partial charge on any atom is 0.273 e. The minimum atomic E-state index is -0.820. The normalized spacial score (nSPS) is 24.3. The van der Waals surface area contributed by atoms with Gasteiger partial charge in [-0.2, -0.15) is 0 Å². The van der Waals surface area contributed by atoms with E-state index in [1.54, 1.807) is 6.20 Å². The Morgan fingerprint density at radius 2 is 1.97 bits per heavy atom. The summed E-state index contributed by atoms with van der Waals surface area (Å²) in [5, 5.41) is 13.8. The zero-order valence-electron chi connectivity index (χ0n) is 22.1. The molecule has 2 fully saturated rings. The van der Waals surface area contributed by atoms with Crippen LogP contribution in [0.1, 0.15) is 61.8 Å². The van der Waals surface area contributed by atoms with E-state index in [2.05, 4.69) is 37.8 Å². The minimum Gasteiger partial charge on any atom is -0.348 e. The lowest BCUT2D eigenvalue weighted by molar-refractivity contribution is -0.128. The zero-order valence-corrected chi connectivity index (χ0v) is 22.1. The lowest BCUT2D eigenvalue weighted by Gasteiger charge is -2.42. The van der Waals surface area contributed by atoms with Gasteiger partial charge in [-0.05, 0) is 56.4 Å². The van der Waals surface area contributed by atoms with Crippen LogP contribution in [0.25, 0.3) is 5.69 Å². The van der Waals surface area contributed by atoms with E-state index in [4.69, 9.17) is 0 Å². The summed E-state index contributed by atoms with van der Waals surface area (Å²) in [5.74, 6) is -2.10. The number of halogens is 2. The van der Waals surface area contributed by atoms with Crippen molar-refractivity contribution >= 4 is 11.8 Å². The van der Waals surface area contributed by atoms with E-state index >= 15 is 0 Å². The first kappa shape index (κ1) is 26.9. The molecule has 5 rings (SSSR count). The summed E-state index contributed by atoms with van der Waals surface area (Å²) in [7, 11) is 0. The highest BCUT2D eigenvalue weighted by atomic mass is 19.1. The Labute approximate surface area is 226 Å². The monoisotopic (exact) mass is 537 g/mol. The molecule has 2 N–H and O–H groups in total. The SMILES string of the molecule is CC1CCCC1N1CC[C@@H](NC(=O)c2cn(-c3ccc(F)cc3F)nn2)[C@H](C(=O)N[C@H](C)c2ccccn2)C1. The fraction of sp³-hybridized carbons (Fsp3) is 0.464. The first-order valence-corrected chi connectivity index (χ1v) is 13.4. The van der Waals surface area contributed by atoms with Crippen LogP contribution in [0.3, 0.4) is 0 Å². The first-order chi connectivity index (χ1) is 18.8. The lowest BCUT2D eigenvalue weighted by Crippen LogP contribution is -2.58. The maximum absolute atomic E-state index is 14.2. The van der Waals surface area contributed by atoms with Crippen LogP contribution < -0.4 is 10.6 Å². The van der Waals surface area contributed by atoms with Crippen LogP contribution >= 0.6 is 0 Å². The molecule has 5 atom stereocenters. The molecule has 1 aromatic carbocycles. The molecular weight excluding hydrogens is 504 g/mol. The number of amides is 2. The second-order valence-electron chi connectivity index (χ2n) is 10.6. The number of nitrogens with zero attached hydrogens (tertiary/aromatic N) is 5. The third kappa shape index (κ3) is 5.98. The average Bonchev–Trinajstić information content (AvgIpc) is 3.59. The predicted octanol–water partition coefficient (Wildman–Crippen LogP) is 3.43. The number of piperidine rings is 1. The third-order valence-electron chi connectivity index (χ3n) is 7.96. The molecule has 11 heteroatoms. The van der Waals surface area contributed by atoms with E-state index in [1.165, 1.54) is 25.1 Å². The van der Waals surface area contributed by atoms with Gasteiger partial charge in [-0.15, -0.1) is 5.10 Å². The first-order valence-electron chi connectivity index (χ1n) is 13.4. The van der Waals surface area contributed by atoms with Crippen molar-refractivity contribution in [1.82, 2.24) is 35.5 Å². The number of hydrogen-bond donors (Lipinski definition) is 2. The van der Waals surface area contributed by atoms with Crippen molar-refractivity contribution in [3.63, 3.8) is 0 Å². The molecule has 1 saturated carbocycles. The maximum atomic E-state index is 14.2. The number of carbonyl (C=O) groups is 2. The highest BCUT2D eigenvalue weighted by molar-refractivity contribution is 5.92. The molecule has 2 amide bonds. The largest absolute Gasteiger partial charge is 0.348 e. The molecule has 0 spiro atoms. The fourth-order valence-corrected chi connectivity index (χ4v) is 5.81. The van der Waals surface area contributed by atoms with Crippen LogP contribution in [-0.4, -0.2) is 61.9 Å². The number of rotatable bonds is 7. The van der Waals surface area contributed by atoms with Crippen LogP contribution in [0.2, 0.25) is 0 Å². The Balaban J connectivity index is 1.32. The highest BCUT2D eigenvalue weighted by Gasteiger charge is 2.40. The number of pyridine rings is 1. The van der Waals surface area contributed by atoms with Gasteiger partial charge in [0.25, 0.3) is 5.91 Å². The summed E-state index contributed by atoms with van der Waals surface area (Å²) in [4.78, 5) is 33.5. The molecule has 0 radical (unpaired) electrons. The molecular formula is C28H33F2N7O2. The van der Waals surface area contributed by atoms with Gasteiger partial charge in [0.05, 0.1) is 23.9 Å². The molecule has 3 heterocycles. The van der Waals surface area contributed by atoms with Gasteiger partial charge >= 0.3 is 0 Å². The van der Waals surface area contributed by atoms with Gasteiger partial charge < -0.3 is 10.6 Å². The van der Waals surface area contributed by atoms with Gasteiger partial charge in [-0.25, -0.2) is 13.5 Å². The van der Waals surface area contributed by atoms with Gasteiger partial charge in [-0.1, -0.05) is 24.6 Å². The molecule has 3 aromatic rings. The topological polar surface area (TPSA) is 105 Å². The van der Waals surface area contributed by atoms with Crippen molar-refractivity contribution in [2.24, 2.45) is 11.8 Å². The Bertz CT molecular complexity index is 1320. The van der Waals surface area contributed by atoms with Crippen molar-refractivity contribution in [3.8, 4) is 5.69 Å². The van der Waals surface area contributed by atoms with Gasteiger partial charge in [0.15, 0.2) is 11.5 Å². The van der Waals surface area contributed by atoms with E-state index in [0.717, 1.165) is 35.5 Å². The van der Waals surface area contributed by atoms with E-state index in [0.29, 0.717) is 24.9 Å². The molecule has 2 unspecified atom stereocenters. The zero-order chi connectivity index (χ0) is 27.5. The third-order valence-corrected chi connectivity index (χ3v) is 7.96. The van der Waals surface area contributed by atoms with Crippen molar-refractivity contribution in [2.75, 3.05) is 13.1 Å². The number of hydrogen-bond acceptors (Lipinski definition) is 6. The summed E-state index contributed by atoms with van der Waals surface area (Å²) in [6.45, 7) is 5.46. The summed E-state index contributed by atoms with van der Waals surface area (Å²) < 4.78 is 28.6. The van der Waals surface area contributed by atoms with Gasteiger partial charge in [0.1, 0.15) is 11.5 Å². The smallest absolute Gasteiger partial charge is 0.273 e. The standard InChI is InChI=1S/C28H33F2N7O2/c1-17-6-5-8-25(17)36-13-11-23(20(15-36)27(38)32-18(2)22-7-3-4-12-31-22)33-28(39)24-16-37(35-34-24)26-10-9-19(29)14-21(26)30/h3-4,7,9-10,12,14,16-18,20,23,25H,5-6,8,11,13,15H2,1-2H3,(H,32,38)(H,33,39)/t17?,18-,20-,23-,25?/m1/s1. The predicted molar refractivity (Wildman–Crippen MR) is 140 cm³/mol. The van der Waals surface area contributed by atoms with Crippen LogP contribution in [0, 0.1) is 23.5 Å². The second kappa shape index (κ2) is 11.6. The highest BCUT2D eigenvalue weighted by Crippen LogP contribution is 2.33. The second-order valence-corrected chi connectivity index (χ2v) is 10.6. The van der Waals surface area contributed by atoms with Crippen LogP contribution in [0.4, 0.5) is 8.78 Å². The molecule has 1 aliphatic carbocycles. The molecule has 2 aromatic heterocycles. The molecule has 1 aliphatic heterocycles. The molecule has 1 saturated heterocycles. The summed E-state index contributed by atoms with van der Waals surface area (Å²) in [6.07, 6.45) is 7.06. The van der Waals surface area contributed by atoms with Crippen molar-refractivity contribution in [2.45, 2.75) is 57.7 Å². The Morgan fingerprint density at radius 1 is 1.13 bits per heavy atom. The van der Waals surface area contributed by atoms with Crippen molar-refractivity contribution in [3.05, 3.63) is 71.8 Å². The van der Waals surface area contributed by atoms with Crippen molar-refractivity contribution < 1.29 is 18.4 Å². The van der Waals surface area contributed by atoms with Gasteiger partial charge in [-0.3, -0.25) is 19.5 Å². The minimum absolute atomic E-state index is 0.0217. The number of benzene rings is 1. The van der Waals surface area contributed by atoms with E-state index in [1.807, 2.05) is 25.1 Å². The molecule has 9 nitrogen and oxygen atoms in total. The Morgan fingerprint density at radius 3 is 2.69 bits per heavy atom. The summed E-state index contributed by atoms with van der Waals surface area (Å²) in [6, 6.07) is 8.36. The fourth-order valence-electron chi connectivity index (χ4n) is 5.81. The van der Waals surface area contributed by atoms with Gasteiger partial charge in [0.2, 0.25) is 5.91 Å². The van der Waals surface area contributed by atoms with Crippen LogP contribution in [0.15, 0.2) is 48.8 Å². The number of aromatic nitrogens is 4. The van der Waals surface area contributed by atoms with Crippen LogP contribution in [0.5, 0.6) is 0 Å². The van der Waals surface area contributed by atoms with Crippen molar-refractivity contribution in [1.29, 1.82) is 0 Å². The molecule has 39 heavy (non-hydrogen) atoms. The average molecular weight is 538 g/mol. The number of likely N-dealkylation sites (tertiary alicyclic amines) is 1. The molecule has 0 bridgehead atoms. The van der Waals surface area contributed by atoms with Gasteiger partial charge in [0, 0.05) is 37.4 Å². The summed E-state index contributed by atoms with van der Waals surface area (Å²) >= 11 is 0. The summed E-state index contributed by atoms with van der Waals surface area (Å²) in [5.41, 5.74) is 0.711. The molecule has 206 valence electrons. The van der Waals surface area contributed by atoms with E-state index in [9.17, 15) is 18.4 Å². The molecule has 2 aliphatic rings. The Kier molecular flexibility index (Phi) is 7.97. The Hall–Kier alpha value is -3.73. The number of nitrogens with one attached hydrogen (secondary N) is 2. The lowest BCUT2D eigenvalue weighted by atomic mass is 9.88.